The molecule has 2 rings (SSSR count). The van der Waals surface area contributed by atoms with Gasteiger partial charge in [0.2, 0.25) is 0 Å². The number of aryl methyl sites for hydroxylation is 1. The molecule has 0 radical (unpaired) electrons. The zero-order chi connectivity index (χ0) is 14.5. The number of anilines is 1. The number of carbonyl (C=O) groups is 2. The number of rotatable bonds is 4. The fourth-order valence-electron chi connectivity index (χ4n) is 1.60. The molecule has 104 valence electrons. The number of aromatic carboxylic acids is 1. The Labute approximate surface area is 119 Å². The molecular weight excluding hydrogens is 278 g/mol. The highest BCUT2D eigenvalue weighted by molar-refractivity contribution is 7.09. The third-order valence-electron chi connectivity index (χ3n) is 2.63. The van der Waals surface area contributed by atoms with E-state index in [0.717, 1.165) is 4.88 Å². The van der Waals surface area contributed by atoms with E-state index in [1.165, 1.54) is 23.5 Å². The van der Waals surface area contributed by atoms with Gasteiger partial charge in [-0.05, 0) is 30.7 Å². The van der Waals surface area contributed by atoms with Gasteiger partial charge in [0.25, 0.3) is 0 Å². The average Bonchev–Trinajstić information content (AvgIpc) is 2.91. The molecular formula is C13H13N3O3S. The van der Waals surface area contributed by atoms with Gasteiger partial charge in [0, 0.05) is 16.8 Å². The monoisotopic (exact) mass is 291 g/mol. The van der Waals surface area contributed by atoms with Crippen LogP contribution in [0, 0.1) is 6.92 Å². The van der Waals surface area contributed by atoms with Crippen LogP contribution in [-0.2, 0) is 6.54 Å². The molecule has 2 aromatic rings. The van der Waals surface area contributed by atoms with Gasteiger partial charge in [-0.1, -0.05) is 0 Å². The standard InChI is InChI=1S/C13H13N3O3S/c1-8-4-9(12(17)18)2-3-11(8)16-13(19)15-6-10-5-14-7-20-10/h2-5,7H,6H2,1H3,(H,17,18)(H2,15,16,19). The maximum Gasteiger partial charge on any atom is 0.335 e. The van der Waals surface area contributed by atoms with Crippen molar-refractivity contribution in [2.75, 3.05) is 5.32 Å². The minimum Gasteiger partial charge on any atom is -0.478 e. The highest BCUT2D eigenvalue weighted by Gasteiger charge is 2.08. The van der Waals surface area contributed by atoms with E-state index in [0.29, 0.717) is 17.8 Å². The zero-order valence-electron chi connectivity index (χ0n) is 10.7. The number of carboxylic acid groups (broad SMARTS) is 1. The van der Waals surface area contributed by atoms with E-state index in [1.54, 1.807) is 24.7 Å². The lowest BCUT2D eigenvalue weighted by molar-refractivity contribution is 0.0697. The van der Waals surface area contributed by atoms with Crippen molar-refractivity contribution in [3.8, 4) is 0 Å². The minimum atomic E-state index is -0.991. The zero-order valence-corrected chi connectivity index (χ0v) is 11.5. The van der Waals surface area contributed by atoms with Crippen LogP contribution in [0.2, 0.25) is 0 Å². The molecule has 0 unspecified atom stereocenters. The van der Waals surface area contributed by atoms with Gasteiger partial charge in [0.15, 0.2) is 0 Å². The molecule has 0 aliphatic carbocycles. The van der Waals surface area contributed by atoms with Crippen LogP contribution < -0.4 is 10.6 Å². The molecule has 0 aliphatic rings. The third-order valence-corrected chi connectivity index (χ3v) is 3.41. The summed E-state index contributed by atoms with van der Waals surface area (Å²) in [7, 11) is 0. The number of nitrogens with zero attached hydrogens (tertiary/aromatic N) is 1. The molecule has 0 aliphatic heterocycles. The van der Waals surface area contributed by atoms with Crippen molar-refractivity contribution in [2.24, 2.45) is 0 Å². The van der Waals surface area contributed by atoms with Crippen LogP contribution in [-0.4, -0.2) is 22.1 Å². The molecule has 3 N–H and O–H groups in total. The number of nitrogens with one attached hydrogen (secondary N) is 2. The number of carbonyl (C=O) groups excluding carboxylic acids is 1. The molecule has 1 aromatic heterocycles. The first-order valence-corrected chi connectivity index (χ1v) is 6.70. The first-order chi connectivity index (χ1) is 9.56. The summed E-state index contributed by atoms with van der Waals surface area (Å²) in [6, 6.07) is 4.20. The Bertz CT molecular complexity index is 626. The quantitative estimate of drug-likeness (QED) is 0.807. The predicted molar refractivity (Wildman–Crippen MR) is 76.1 cm³/mol. The number of aromatic nitrogens is 1. The minimum absolute atomic E-state index is 0.193. The summed E-state index contributed by atoms with van der Waals surface area (Å²) in [5, 5.41) is 14.2. The van der Waals surface area contributed by atoms with Crippen molar-refractivity contribution in [3.05, 3.63) is 45.9 Å². The average molecular weight is 291 g/mol. The van der Waals surface area contributed by atoms with Crippen LogP contribution in [0.1, 0.15) is 20.8 Å². The van der Waals surface area contributed by atoms with Crippen molar-refractivity contribution in [1.29, 1.82) is 0 Å². The maximum atomic E-state index is 11.7. The second-order valence-electron chi connectivity index (χ2n) is 4.11. The lowest BCUT2D eigenvalue weighted by atomic mass is 10.1. The number of amides is 2. The second kappa shape index (κ2) is 6.16. The number of urea groups is 1. The van der Waals surface area contributed by atoms with Crippen LogP contribution in [0.3, 0.4) is 0 Å². The van der Waals surface area contributed by atoms with E-state index in [2.05, 4.69) is 15.6 Å². The molecule has 6 nitrogen and oxygen atoms in total. The lowest BCUT2D eigenvalue weighted by Gasteiger charge is -2.09. The maximum absolute atomic E-state index is 11.7. The van der Waals surface area contributed by atoms with E-state index in [9.17, 15) is 9.59 Å². The van der Waals surface area contributed by atoms with E-state index < -0.39 is 5.97 Å². The normalized spacial score (nSPS) is 10.1. The fraction of sp³-hybridized carbons (Fsp3) is 0.154. The van der Waals surface area contributed by atoms with E-state index in [-0.39, 0.29) is 11.6 Å². The summed E-state index contributed by atoms with van der Waals surface area (Å²) < 4.78 is 0. The van der Waals surface area contributed by atoms with Crippen molar-refractivity contribution in [1.82, 2.24) is 10.3 Å². The van der Waals surface area contributed by atoms with Gasteiger partial charge in [0.1, 0.15) is 0 Å². The number of thiazole rings is 1. The topological polar surface area (TPSA) is 91.3 Å². The fourth-order valence-corrected chi connectivity index (χ4v) is 2.13. The Hall–Kier alpha value is -2.41. The summed E-state index contributed by atoms with van der Waals surface area (Å²) in [6.45, 7) is 2.15. The largest absolute Gasteiger partial charge is 0.478 e. The number of benzene rings is 1. The van der Waals surface area contributed by atoms with Crippen molar-refractivity contribution < 1.29 is 14.7 Å². The molecule has 0 fully saturated rings. The lowest BCUT2D eigenvalue weighted by Crippen LogP contribution is -2.28. The SMILES string of the molecule is Cc1cc(C(=O)O)ccc1NC(=O)NCc1cncs1. The Kier molecular flexibility index (Phi) is 4.31. The van der Waals surface area contributed by atoms with E-state index in [1.807, 2.05) is 0 Å². The molecule has 0 bridgehead atoms. The smallest absolute Gasteiger partial charge is 0.335 e. The van der Waals surface area contributed by atoms with Crippen molar-refractivity contribution in [3.63, 3.8) is 0 Å². The molecule has 0 atom stereocenters. The Morgan fingerprint density at radius 3 is 2.80 bits per heavy atom. The van der Waals surface area contributed by atoms with Gasteiger partial charge in [-0.25, -0.2) is 9.59 Å². The van der Waals surface area contributed by atoms with Gasteiger partial charge in [0.05, 0.1) is 17.6 Å². The third kappa shape index (κ3) is 3.55. The summed E-state index contributed by atoms with van der Waals surface area (Å²) >= 11 is 1.46. The summed E-state index contributed by atoms with van der Waals surface area (Å²) in [5.74, 6) is -0.991. The Balaban J connectivity index is 1.95. The molecule has 1 heterocycles. The Morgan fingerprint density at radius 2 is 2.20 bits per heavy atom. The van der Waals surface area contributed by atoms with Gasteiger partial charge < -0.3 is 15.7 Å². The predicted octanol–water partition coefficient (Wildman–Crippen LogP) is 2.47. The van der Waals surface area contributed by atoms with Crippen LogP contribution in [0.15, 0.2) is 29.9 Å². The number of hydrogen-bond acceptors (Lipinski definition) is 4. The van der Waals surface area contributed by atoms with Gasteiger partial charge in [-0.15, -0.1) is 11.3 Å². The first kappa shape index (κ1) is 14.0. The van der Waals surface area contributed by atoms with Gasteiger partial charge in [-0.2, -0.15) is 0 Å². The molecule has 0 saturated heterocycles. The Morgan fingerprint density at radius 1 is 1.40 bits per heavy atom. The van der Waals surface area contributed by atoms with Crippen molar-refractivity contribution in [2.45, 2.75) is 13.5 Å². The van der Waals surface area contributed by atoms with Gasteiger partial charge in [-0.3, -0.25) is 4.98 Å². The van der Waals surface area contributed by atoms with Gasteiger partial charge >= 0.3 is 12.0 Å². The van der Waals surface area contributed by atoms with E-state index in [4.69, 9.17) is 5.11 Å². The second-order valence-corrected chi connectivity index (χ2v) is 5.08. The van der Waals surface area contributed by atoms with Crippen LogP contribution >= 0.6 is 11.3 Å². The van der Waals surface area contributed by atoms with Crippen LogP contribution in [0.5, 0.6) is 0 Å². The highest BCUT2D eigenvalue weighted by atomic mass is 32.1. The van der Waals surface area contributed by atoms with Crippen LogP contribution in [0.4, 0.5) is 10.5 Å². The summed E-state index contributed by atoms with van der Waals surface area (Å²) in [4.78, 5) is 27.4. The highest BCUT2D eigenvalue weighted by Crippen LogP contribution is 2.16. The molecule has 0 saturated carbocycles. The first-order valence-electron chi connectivity index (χ1n) is 5.82. The summed E-state index contributed by atoms with van der Waals surface area (Å²) in [5.41, 5.74) is 3.16. The number of hydrogen-bond donors (Lipinski definition) is 3. The number of carboxylic acids is 1. The van der Waals surface area contributed by atoms with E-state index >= 15 is 0 Å². The molecule has 7 heteroatoms. The molecule has 1 aromatic carbocycles. The molecule has 0 spiro atoms. The van der Waals surface area contributed by atoms with Crippen LogP contribution in [0.25, 0.3) is 0 Å². The molecule has 2 amide bonds. The van der Waals surface area contributed by atoms with Crippen molar-refractivity contribution >= 4 is 29.0 Å². The summed E-state index contributed by atoms with van der Waals surface area (Å²) in [6.07, 6.45) is 1.69. The molecule has 20 heavy (non-hydrogen) atoms.